The normalized spacial score (nSPS) is 24.0. The van der Waals surface area contributed by atoms with E-state index in [1.54, 1.807) is 4.68 Å². The SMILES string of the molecule is CCc1cc(C(=O)N(CCN2CCCCC2)C[C@@H]2CCCN(C3CCCC3)C2)n(C)n1. The van der Waals surface area contributed by atoms with E-state index in [1.165, 1.54) is 84.0 Å². The molecule has 1 aromatic heterocycles. The van der Waals surface area contributed by atoms with Crippen molar-refractivity contribution in [2.75, 3.05) is 45.8 Å². The van der Waals surface area contributed by atoms with E-state index in [1.807, 2.05) is 13.1 Å². The molecule has 1 aliphatic carbocycles. The molecule has 2 aliphatic heterocycles. The average Bonchev–Trinajstić information content (AvgIpc) is 3.47. The lowest BCUT2D eigenvalue weighted by Gasteiger charge is -2.39. The lowest BCUT2D eigenvalue weighted by molar-refractivity contribution is 0.0600. The van der Waals surface area contributed by atoms with Crippen LogP contribution in [0.5, 0.6) is 0 Å². The zero-order chi connectivity index (χ0) is 21.6. The van der Waals surface area contributed by atoms with E-state index >= 15 is 0 Å². The van der Waals surface area contributed by atoms with Crippen LogP contribution in [0.3, 0.4) is 0 Å². The smallest absolute Gasteiger partial charge is 0.272 e. The number of aryl methyl sites for hydroxylation is 2. The van der Waals surface area contributed by atoms with Gasteiger partial charge in [-0.05, 0) is 76.6 Å². The minimum absolute atomic E-state index is 0.171. The number of carbonyl (C=O) groups excluding carboxylic acids is 1. The molecule has 0 N–H and O–H groups in total. The first-order valence-corrected chi connectivity index (χ1v) is 12.9. The molecule has 3 aliphatic rings. The van der Waals surface area contributed by atoms with Gasteiger partial charge in [0.2, 0.25) is 0 Å². The summed E-state index contributed by atoms with van der Waals surface area (Å²) in [4.78, 5) is 21.1. The third-order valence-electron chi connectivity index (χ3n) is 7.80. The summed E-state index contributed by atoms with van der Waals surface area (Å²) >= 11 is 0. The van der Waals surface area contributed by atoms with Crippen LogP contribution in [0.15, 0.2) is 6.07 Å². The number of hydrogen-bond acceptors (Lipinski definition) is 4. The summed E-state index contributed by atoms with van der Waals surface area (Å²) in [5.74, 6) is 0.767. The maximum absolute atomic E-state index is 13.6. The van der Waals surface area contributed by atoms with Crippen molar-refractivity contribution >= 4 is 5.91 Å². The zero-order valence-corrected chi connectivity index (χ0v) is 19.9. The molecule has 4 rings (SSSR count). The van der Waals surface area contributed by atoms with Gasteiger partial charge < -0.3 is 14.7 Å². The van der Waals surface area contributed by atoms with E-state index in [0.29, 0.717) is 5.92 Å². The molecule has 0 radical (unpaired) electrons. The van der Waals surface area contributed by atoms with Crippen molar-refractivity contribution in [2.45, 2.75) is 77.2 Å². The lowest BCUT2D eigenvalue weighted by Crippen LogP contribution is -2.48. The van der Waals surface area contributed by atoms with Gasteiger partial charge in [0, 0.05) is 39.3 Å². The maximum atomic E-state index is 13.6. The summed E-state index contributed by atoms with van der Waals surface area (Å²) in [6.07, 6.45) is 12.9. The van der Waals surface area contributed by atoms with Crippen LogP contribution in [0.4, 0.5) is 0 Å². The molecule has 1 amide bonds. The van der Waals surface area contributed by atoms with Crippen molar-refractivity contribution in [3.05, 3.63) is 17.5 Å². The van der Waals surface area contributed by atoms with Crippen LogP contribution < -0.4 is 0 Å². The number of carbonyl (C=O) groups is 1. The Morgan fingerprint density at radius 2 is 1.84 bits per heavy atom. The van der Waals surface area contributed by atoms with Gasteiger partial charge >= 0.3 is 0 Å². The fraction of sp³-hybridized carbons (Fsp3) is 0.840. The largest absolute Gasteiger partial charge is 0.336 e. The highest BCUT2D eigenvalue weighted by atomic mass is 16.2. The second-order valence-corrected chi connectivity index (χ2v) is 10.1. The summed E-state index contributed by atoms with van der Waals surface area (Å²) < 4.78 is 1.79. The molecule has 6 nitrogen and oxygen atoms in total. The lowest BCUT2D eigenvalue weighted by atomic mass is 9.95. The third kappa shape index (κ3) is 5.89. The molecule has 3 fully saturated rings. The Labute approximate surface area is 188 Å². The second-order valence-electron chi connectivity index (χ2n) is 10.1. The highest BCUT2D eigenvalue weighted by Crippen LogP contribution is 2.28. The van der Waals surface area contributed by atoms with E-state index in [2.05, 4.69) is 26.7 Å². The molecule has 6 heteroatoms. The molecular weight excluding hydrogens is 386 g/mol. The molecule has 31 heavy (non-hydrogen) atoms. The summed E-state index contributed by atoms with van der Waals surface area (Å²) in [6, 6.07) is 2.80. The van der Waals surface area contributed by atoms with Crippen LogP contribution in [0.2, 0.25) is 0 Å². The third-order valence-corrected chi connectivity index (χ3v) is 7.80. The maximum Gasteiger partial charge on any atom is 0.272 e. The predicted molar refractivity (Wildman–Crippen MR) is 125 cm³/mol. The summed E-state index contributed by atoms with van der Waals surface area (Å²) in [5, 5.41) is 4.54. The topological polar surface area (TPSA) is 44.6 Å². The number of amides is 1. The number of piperidine rings is 2. The number of hydrogen-bond donors (Lipinski definition) is 0. The zero-order valence-electron chi connectivity index (χ0n) is 19.9. The average molecular weight is 430 g/mol. The van der Waals surface area contributed by atoms with Crippen LogP contribution in [-0.2, 0) is 13.5 Å². The number of rotatable bonds is 8. The first-order chi connectivity index (χ1) is 15.1. The van der Waals surface area contributed by atoms with Gasteiger partial charge in [0.1, 0.15) is 5.69 Å². The van der Waals surface area contributed by atoms with Crippen molar-refractivity contribution in [2.24, 2.45) is 13.0 Å². The van der Waals surface area contributed by atoms with E-state index in [9.17, 15) is 4.79 Å². The first kappa shape index (κ1) is 22.8. The minimum atomic E-state index is 0.171. The van der Waals surface area contributed by atoms with Gasteiger partial charge in [-0.3, -0.25) is 9.48 Å². The van der Waals surface area contributed by atoms with E-state index in [-0.39, 0.29) is 5.91 Å². The molecule has 1 atom stereocenters. The molecule has 2 saturated heterocycles. The fourth-order valence-corrected chi connectivity index (χ4v) is 5.94. The van der Waals surface area contributed by atoms with Gasteiger partial charge in [-0.15, -0.1) is 0 Å². The summed E-state index contributed by atoms with van der Waals surface area (Å²) in [7, 11) is 1.91. The molecule has 0 unspecified atom stereocenters. The van der Waals surface area contributed by atoms with Crippen LogP contribution in [0.1, 0.15) is 80.9 Å². The highest BCUT2D eigenvalue weighted by molar-refractivity contribution is 5.92. The molecule has 174 valence electrons. The summed E-state index contributed by atoms with van der Waals surface area (Å²) in [6.45, 7) is 9.63. The molecule has 0 spiro atoms. The number of aromatic nitrogens is 2. The van der Waals surface area contributed by atoms with Crippen LogP contribution in [0, 0.1) is 5.92 Å². The monoisotopic (exact) mass is 429 g/mol. The van der Waals surface area contributed by atoms with Gasteiger partial charge in [-0.1, -0.05) is 26.2 Å². The Morgan fingerprint density at radius 1 is 1.06 bits per heavy atom. The van der Waals surface area contributed by atoms with E-state index in [0.717, 1.165) is 43.5 Å². The molecule has 0 bridgehead atoms. The van der Waals surface area contributed by atoms with Crippen molar-refractivity contribution in [3.63, 3.8) is 0 Å². The van der Waals surface area contributed by atoms with E-state index in [4.69, 9.17) is 0 Å². The van der Waals surface area contributed by atoms with Gasteiger partial charge in [0.25, 0.3) is 5.91 Å². The van der Waals surface area contributed by atoms with Gasteiger partial charge in [0.15, 0.2) is 0 Å². The van der Waals surface area contributed by atoms with Crippen LogP contribution in [0.25, 0.3) is 0 Å². The molecule has 1 aromatic rings. The predicted octanol–water partition coefficient (Wildman–Crippen LogP) is 3.57. The Kier molecular flexibility index (Phi) is 8.05. The van der Waals surface area contributed by atoms with Gasteiger partial charge in [-0.2, -0.15) is 5.10 Å². The van der Waals surface area contributed by atoms with Crippen molar-refractivity contribution in [1.82, 2.24) is 24.5 Å². The van der Waals surface area contributed by atoms with Crippen molar-refractivity contribution in [3.8, 4) is 0 Å². The van der Waals surface area contributed by atoms with Crippen molar-refractivity contribution < 1.29 is 4.79 Å². The van der Waals surface area contributed by atoms with Crippen molar-refractivity contribution in [1.29, 1.82) is 0 Å². The Bertz CT molecular complexity index is 705. The Hall–Kier alpha value is -1.40. The summed E-state index contributed by atoms with van der Waals surface area (Å²) in [5.41, 5.74) is 1.76. The van der Waals surface area contributed by atoms with Crippen LogP contribution >= 0.6 is 0 Å². The quantitative estimate of drug-likeness (QED) is 0.634. The standard InChI is InChI=1S/C25H43N5O/c1-3-22-18-24(27(2)26-22)25(31)30(17-16-28-13-7-4-8-14-28)20-21-10-9-15-29(19-21)23-11-5-6-12-23/h18,21,23H,3-17,19-20H2,1-2H3/t21-/m1/s1. The second kappa shape index (κ2) is 11.0. The minimum Gasteiger partial charge on any atom is -0.336 e. The number of likely N-dealkylation sites (tertiary alicyclic amines) is 2. The molecule has 1 saturated carbocycles. The Morgan fingerprint density at radius 3 is 2.55 bits per heavy atom. The van der Waals surface area contributed by atoms with Gasteiger partial charge in [0.05, 0.1) is 5.69 Å². The van der Waals surface area contributed by atoms with Crippen LogP contribution in [-0.4, -0.2) is 82.2 Å². The highest BCUT2D eigenvalue weighted by Gasteiger charge is 2.30. The first-order valence-electron chi connectivity index (χ1n) is 12.9. The number of nitrogens with zero attached hydrogens (tertiary/aromatic N) is 5. The molecule has 0 aromatic carbocycles. The molecule has 3 heterocycles. The van der Waals surface area contributed by atoms with Gasteiger partial charge in [-0.25, -0.2) is 0 Å². The fourth-order valence-electron chi connectivity index (χ4n) is 5.94. The molecular formula is C25H43N5O. The van der Waals surface area contributed by atoms with E-state index < -0.39 is 0 Å². The Balaban J connectivity index is 1.43.